The van der Waals surface area contributed by atoms with Crippen molar-refractivity contribution < 1.29 is 9.59 Å². The first-order valence-electron chi connectivity index (χ1n) is 10.7. The van der Waals surface area contributed by atoms with Gasteiger partial charge < -0.3 is 10.2 Å². The lowest BCUT2D eigenvalue weighted by Gasteiger charge is -2.32. The fourth-order valence-electron chi connectivity index (χ4n) is 4.01. The number of carbonyl (C=O) groups excluding carboxylic acids is 2. The van der Waals surface area contributed by atoms with Crippen molar-refractivity contribution >= 4 is 17.5 Å². The monoisotopic (exact) mass is 392 g/mol. The number of para-hydroxylation sites is 1. The number of rotatable bonds is 6. The van der Waals surface area contributed by atoms with Crippen molar-refractivity contribution in [3.05, 3.63) is 65.2 Å². The van der Waals surface area contributed by atoms with Gasteiger partial charge in [0, 0.05) is 31.1 Å². The van der Waals surface area contributed by atoms with Crippen LogP contribution in [0.3, 0.4) is 0 Å². The summed E-state index contributed by atoms with van der Waals surface area (Å²) in [6.07, 6.45) is 2.75. The summed E-state index contributed by atoms with van der Waals surface area (Å²) in [6, 6.07) is 16.3. The second-order valence-electron chi connectivity index (χ2n) is 8.32. The van der Waals surface area contributed by atoms with Crippen LogP contribution in [-0.2, 0) is 16.0 Å². The van der Waals surface area contributed by atoms with E-state index >= 15 is 0 Å². The highest BCUT2D eigenvalue weighted by molar-refractivity contribution is 5.94. The SMILES string of the molecule is Cc1cccc(C(C)C)c1NC(=O)C1CCN(C(=O)CCc2ccccc2)CC1. The summed E-state index contributed by atoms with van der Waals surface area (Å²) in [5.74, 6) is 0.591. The number of nitrogens with zero attached hydrogens (tertiary/aromatic N) is 1. The lowest BCUT2D eigenvalue weighted by atomic mass is 9.94. The van der Waals surface area contributed by atoms with Crippen molar-refractivity contribution in [2.24, 2.45) is 5.92 Å². The van der Waals surface area contributed by atoms with E-state index in [0.717, 1.165) is 30.5 Å². The summed E-state index contributed by atoms with van der Waals surface area (Å²) in [5, 5.41) is 3.18. The van der Waals surface area contributed by atoms with Gasteiger partial charge in [0.1, 0.15) is 0 Å². The van der Waals surface area contributed by atoms with Crippen LogP contribution in [0.1, 0.15) is 55.7 Å². The highest BCUT2D eigenvalue weighted by Crippen LogP contribution is 2.29. The summed E-state index contributed by atoms with van der Waals surface area (Å²) < 4.78 is 0. The Kier molecular flexibility index (Phi) is 7.08. The summed E-state index contributed by atoms with van der Waals surface area (Å²) in [6.45, 7) is 7.65. The molecule has 1 saturated heterocycles. The molecule has 1 fully saturated rings. The summed E-state index contributed by atoms with van der Waals surface area (Å²) >= 11 is 0. The van der Waals surface area contributed by atoms with E-state index in [1.807, 2.05) is 42.2 Å². The average molecular weight is 393 g/mol. The van der Waals surface area contributed by atoms with Crippen LogP contribution in [0.25, 0.3) is 0 Å². The second-order valence-corrected chi connectivity index (χ2v) is 8.32. The Morgan fingerprint density at radius 3 is 2.38 bits per heavy atom. The van der Waals surface area contributed by atoms with Gasteiger partial charge in [-0.1, -0.05) is 62.4 Å². The van der Waals surface area contributed by atoms with Gasteiger partial charge in [0.15, 0.2) is 0 Å². The molecule has 2 aromatic rings. The predicted molar refractivity (Wildman–Crippen MR) is 118 cm³/mol. The Hall–Kier alpha value is -2.62. The fourth-order valence-corrected chi connectivity index (χ4v) is 4.01. The molecule has 0 saturated carbocycles. The van der Waals surface area contributed by atoms with Gasteiger partial charge >= 0.3 is 0 Å². The van der Waals surface area contributed by atoms with Crippen LogP contribution in [0.15, 0.2) is 48.5 Å². The normalized spacial score (nSPS) is 14.8. The lowest BCUT2D eigenvalue weighted by molar-refractivity contribution is -0.134. The van der Waals surface area contributed by atoms with Crippen molar-refractivity contribution in [3.63, 3.8) is 0 Å². The number of likely N-dealkylation sites (tertiary alicyclic amines) is 1. The minimum absolute atomic E-state index is 0.0345. The highest BCUT2D eigenvalue weighted by Gasteiger charge is 2.28. The van der Waals surface area contributed by atoms with Gasteiger partial charge in [-0.3, -0.25) is 9.59 Å². The molecule has 2 amide bonds. The topological polar surface area (TPSA) is 49.4 Å². The smallest absolute Gasteiger partial charge is 0.227 e. The number of carbonyl (C=O) groups is 2. The van der Waals surface area contributed by atoms with E-state index in [2.05, 4.69) is 37.4 Å². The van der Waals surface area contributed by atoms with Crippen LogP contribution in [-0.4, -0.2) is 29.8 Å². The number of amides is 2. The number of hydrogen-bond donors (Lipinski definition) is 1. The zero-order valence-electron chi connectivity index (χ0n) is 17.8. The summed E-state index contributed by atoms with van der Waals surface area (Å²) in [4.78, 5) is 27.3. The first-order valence-corrected chi connectivity index (χ1v) is 10.7. The van der Waals surface area contributed by atoms with Gasteiger partial charge in [-0.15, -0.1) is 0 Å². The molecule has 1 N–H and O–H groups in total. The van der Waals surface area contributed by atoms with Crippen molar-refractivity contribution in [1.82, 2.24) is 4.90 Å². The maximum Gasteiger partial charge on any atom is 0.227 e. The van der Waals surface area contributed by atoms with Crippen LogP contribution in [0, 0.1) is 12.8 Å². The number of nitrogens with one attached hydrogen (secondary N) is 1. The lowest BCUT2D eigenvalue weighted by Crippen LogP contribution is -2.41. The molecule has 0 spiro atoms. The number of piperidine rings is 1. The molecule has 29 heavy (non-hydrogen) atoms. The summed E-state index contributed by atoms with van der Waals surface area (Å²) in [7, 11) is 0. The maximum absolute atomic E-state index is 12.9. The van der Waals surface area contributed by atoms with Crippen LogP contribution in [0.4, 0.5) is 5.69 Å². The molecule has 1 aliphatic rings. The molecular formula is C25H32N2O2. The largest absolute Gasteiger partial charge is 0.343 e. The van der Waals surface area contributed by atoms with Crippen molar-refractivity contribution in [2.45, 2.75) is 52.4 Å². The molecule has 0 atom stereocenters. The zero-order chi connectivity index (χ0) is 20.8. The van der Waals surface area contributed by atoms with Crippen LogP contribution in [0.5, 0.6) is 0 Å². The first kappa shape index (κ1) is 21.1. The molecule has 1 aliphatic heterocycles. The van der Waals surface area contributed by atoms with Gasteiger partial charge in [-0.2, -0.15) is 0 Å². The third-order valence-corrected chi connectivity index (χ3v) is 5.86. The fraction of sp³-hybridized carbons (Fsp3) is 0.440. The Labute approximate surface area is 174 Å². The van der Waals surface area contributed by atoms with Crippen LogP contribution < -0.4 is 5.32 Å². The maximum atomic E-state index is 12.9. The van der Waals surface area contributed by atoms with Gasteiger partial charge in [0.25, 0.3) is 0 Å². The molecule has 3 rings (SSSR count). The van der Waals surface area contributed by atoms with Crippen molar-refractivity contribution in [1.29, 1.82) is 0 Å². The molecule has 0 aliphatic carbocycles. The molecule has 2 aromatic carbocycles. The van der Waals surface area contributed by atoms with E-state index in [9.17, 15) is 9.59 Å². The summed E-state index contributed by atoms with van der Waals surface area (Å²) in [5.41, 5.74) is 4.41. The molecule has 0 aromatic heterocycles. The Morgan fingerprint density at radius 2 is 1.72 bits per heavy atom. The number of benzene rings is 2. The third kappa shape index (κ3) is 5.47. The predicted octanol–water partition coefficient (Wildman–Crippen LogP) is 4.93. The van der Waals surface area contributed by atoms with E-state index in [0.29, 0.717) is 25.4 Å². The number of anilines is 1. The average Bonchev–Trinajstić information content (AvgIpc) is 2.74. The van der Waals surface area contributed by atoms with E-state index in [1.165, 1.54) is 11.1 Å². The van der Waals surface area contributed by atoms with E-state index < -0.39 is 0 Å². The second kappa shape index (κ2) is 9.73. The van der Waals surface area contributed by atoms with Gasteiger partial charge in [0.05, 0.1) is 0 Å². The molecule has 154 valence electrons. The van der Waals surface area contributed by atoms with Crippen molar-refractivity contribution in [3.8, 4) is 0 Å². The Balaban J connectivity index is 1.52. The van der Waals surface area contributed by atoms with E-state index in [4.69, 9.17) is 0 Å². The molecule has 0 bridgehead atoms. The Morgan fingerprint density at radius 1 is 1.03 bits per heavy atom. The minimum atomic E-state index is -0.0345. The minimum Gasteiger partial charge on any atom is -0.343 e. The number of hydrogen-bond acceptors (Lipinski definition) is 2. The first-order chi connectivity index (χ1) is 14.0. The zero-order valence-corrected chi connectivity index (χ0v) is 17.8. The van der Waals surface area contributed by atoms with Gasteiger partial charge in [-0.25, -0.2) is 0 Å². The Bertz CT molecular complexity index is 837. The van der Waals surface area contributed by atoms with Gasteiger partial charge in [0.2, 0.25) is 11.8 Å². The molecule has 4 nitrogen and oxygen atoms in total. The van der Waals surface area contributed by atoms with E-state index in [-0.39, 0.29) is 17.7 Å². The quantitative estimate of drug-likeness (QED) is 0.758. The molecule has 0 radical (unpaired) electrons. The third-order valence-electron chi connectivity index (χ3n) is 5.86. The van der Waals surface area contributed by atoms with Gasteiger partial charge in [-0.05, 0) is 48.8 Å². The highest BCUT2D eigenvalue weighted by atomic mass is 16.2. The van der Waals surface area contributed by atoms with Crippen LogP contribution in [0.2, 0.25) is 0 Å². The molecule has 4 heteroatoms. The molecule has 0 unspecified atom stereocenters. The molecule has 1 heterocycles. The standard InChI is InChI=1S/C25H32N2O2/c1-18(2)22-11-7-8-19(3)24(22)26-25(29)21-14-16-27(17-15-21)23(28)13-12-20-9-5-4-6-10-20/h4-11,18,21H,12-17H2,1-3H3,(H,26,29). The van der Waals surface area contributed by atoms with Crippen LogP contribution >= 0.6 is 0 Å². The van der Waals surface area contributed by atoms with Crippen molar-refractivity contribution in [2.75, 3.05) is 18.4 Å². The molecular weight excluding hydrogens is 360 g/mol. The van der Waals surface area contributed by atoms with E-state index in [1.54, 1.807) is 0 Å². The number of aryl methyl sites for hydroxylation is 2.